The first-order chi connectivity index (χ1) is 15.9. The Labute approximate surface area is 192 Å². The summed E-state index contributed by atoms with van der Waals surface area (Å²) in [7, 11) is -3.79. The van der Waals surface area contributed by atoms with E-state index < -0.39 is 51.7 Å². The van der Waals surface area contributed by atoms with E-state index in [1.807, 2.05) is 0 Å². The van der Waals surface area contributed by atoms with E-state index in [-0.39, 0.29) is 30.8 Å². The Morgan fingerprint density at radius 1 is 1.18 bits per heavy atom. The van der Waals surface area contributed by atoms with Gasteiger partial charge < -0.3 is 15.5 Å². The highest BCUT2D eigenvalue weighted by Gasteiger charge is 2.31. The Hall–Kier alpha value is -3.45. The minimum absolute atomic E-state index is 0.0138. The fraction of sp³-hybridized carbons (Fsp3) is 0.286. The number of amides is 1. The lowest BCUT2D eigenvalue weighted by Crippen LogP contribution is -2.35. The van der Waals surface area contributed by atoms with Crippen molar-refractivity contribution in [2.75, 3.05) is 19.6 Å². The zero-order valence-electron chi connectivity index (χ0n) is 17.5. The average molecular weight is 499 g/mol. The van der Waals surface area contributed by atoms with Crippen LogP contribution in [0.25, 0.3) is 5.57 Å². The molecule has 1 amide bonds. The number of aliphatic carboxylic acids is 1. The van der Waals surface area contributed by atoms with Gasteiger partial charge in [0.1, 0.15) is 12.3 Å². The first-order valence-electron chi connectivity index (χ1n) is 9.89. The molecule has 1 aromatic carbocycles. The van der Waals surface area contributed by atoms with Crippen LogP contribution in [-0.4, -0.2) is 59.4 Å². The number of aromatic hydroxyl groups is 1. The number of sulfonamides is 1. The van der Waals surface area contributed by atoms with Crippen LogP contribution in [0.15, 0.2) is 42.6 Å². The molecule has 1 aromatic heterocycles. The highest BCUT2D eigenvalue weighted by atomic mass is 32.2. The SMILES string of the molecule is O=C(O)CNC(=O)c1ncc(C2=CCN(S(=O)(=O)Cc3ccc(C(F)(F)F)cc3)CC2)cc1O. The summed E-state index contributed by atoms with van der Waals surface area (Å²) in [5.41, 5.74) is 0.172. The molecule has 0 aliphatic carbocycles. The molecular formula is C21H20F3N3O6S. The average Bonchev–Trinajstić information content (AvgIpc) is 2.77. The molecule has 0 radical (unpaired) electrons. The molecule has 1 aliphatic heterocycles. The van der Waals surface area contributed by atoms with Gasteiger partial charge in [-0.1, -0.05) is 18.2 Å². The number of carboxylic acids is 1. The van der Waals surface area contributed by atoms with E-state index in [1.54, 1.807) is 6.08 Å². The number of carbonyl (C=O) groups excluding carboxylic acids is 1. The van der Waals surface area contributed by atoms with Gasteiger partial charge in [-0.3, -0.25) is 9.59 Å². The number of benzene rings is 1. The Balaban J connectivity index is 1.67. The van der Waals surface area contributed by atoms with Crippen LogP contribution < -0.4 is 5.32 Å². The summed E-state index contributed by atoms with van der Waals surface area (Å²) >= 11 is 0. The maximum atomic E-state index is 12.7. The number of halogens is 3. The van der Waals surface area contributed by atoms with Gasteiger partial charge in [0.25, 0.3) is 5.91 Å². The lowest BCUT2D eigenvalue weighted by molar-refractivity contribution is -0.138. The third kappa shape index (κ3) is 6.11. The third-order valence-electron chi connectivity index (χ3n) is 5.05. The number of hydrogen-bond donors (Lipinski definition) is 3. The van der Waals surface area contributed by atoms with Gasteiger partial charge in [0.05, 0.1) is 11.3 Å². The molecule has 182 valence electrons. The first kappa shape index (κ1) is 25.2. The summed E-state index contributed by atoms with van der Waals surface area (Å²) < 4.78 is 64.6. The lowest BCUT2D eigenvalue weighted by Gasteiger charge is -2.26. The van der Waals surface area contributed by atoms with E-state index in [9.17, 15) is 36.3 Å². The van der Waals surface area contributed by atoms with Gasteiger partial charge in [-0.25, -0.2) is 13.4 Å². The van der Waals surface area contributed by atoms with Gasteiger partial charge in [-0.05, 0) is 41.3 Å². The summed E-state index contributed by atoms with van der Waals surface area (Å²) in [6, 6.07) is 5.22. The fourth-order valence-corrected chi connectivity index (χ4v) is 4.77. The van der Waals surface area contributed by atoms with Crippen molar-refractivity contribution in [3.63, 3.8) is 0 Å². The van der Waals surface area contributed by atoms with Crippen molar-refractivity contribution < 1.29 is 41.4 Å². The Bertz CT molecular complexity index is 1230. The van der Waals surface area contributed by atoms with Crippen molar-refractivity contribution in [3.05, 3.63) is 65.0 Å². The van der Waals surface area contributed by atoms with E-state index in [0.29, 0.717) is 11.1 Å². The minimum Gasteiger partial charge on any atom is -0.505 e. The molecule has 0 bridgehead atoms. The summed E-state index contributed by atoms with van der Waals surface area (Å²) in [5.74, 6) is -3.02. The summed E-state index contributed by atoms with van der Waals surface area (Å²) in [5, 5.41) is 20.8. The predicted octanol–water partition coefficient (Wildman–Crippen LogP) is 2.24. The molecule has 0 saturated heterocycles. The highest BCUT2D eigenvalue weighted by molar-refractivity contribution is 7.88. The number of hydrogen-bond acceptors (Lipinski definition) is 6. The number of carboxylic acid groups (broad SMARTS) is 1. The van der Waals surface area contributed by atoms with Crippen LogP contribution in [0, 0.1) is 0 Å². The minimum atomic E-state index is -4.50. The van der Waals surface area contributed by atoms with E-state index in [1.165, 1.54) is 16.6 Å². The molecular weight excluding hydrogens is 479 g/mol. The van der Waals surface area contributed by atoms with Crippen molar-refractivity contribution in [1.29, 1.82) is 0 Å². The van der Waals surface area contributed by atoms with Crippen LogP contribution in [0.1, 0.15) is 33.6 Å². The maximum absolute atomic E-state index is 12.7. The van der Waals surface area contributed by atoms with Gasteiger partial charge in [-0.15, -0.1) is 0 Å². The van der Waals surface area contributed by atoms with Crippen LogP contribution in [0.2, 0.25) is 0 Å². The van der Waals surface area contributed by atoms with Crippen molar-refractivity contribution in [3.8, 4) is 5.75 Å². The normalized spacial score (nSPS) is 15.0. The van der Waals surface area contributed by atoms with E-state index in [0.717, 1.165) is 24.3 Å². The summed E-state index contributed by atoms with van der Waals surface area (Å²) in [6.45, 7) is -0.514. The fourth-order valence-electron chi connectivity index (χ4n) is 3.30. The number of alkyl halides is 3. The number of nitrogens with zero attached hydrogens (tertiary/aromatic N) is 2. The van der Waals surface area contributed by atoms with E-state index >= 15 is 0 Å². The molecule has 0 fully saturated rings. The first-order valence-corrected chi connectivity index (χ1v) is 11.5. The molecule has 3 N–H and O–H groups in total. The molecule has 0 unspecified atom stereocenters. The quantitative estimate of drug-likeness (QED) is 0.531. The van der Waals surface area contributed by atoms with Gasteiger partial charge in [0, 0.05) is 19.3 Å². The molecule has 0 spiro atoms. The van der Waals surface area contributed by atoms with Crippen LogP contribution in [0.4, 0.5) is 13.2 Å². The van der Waals surface area contributed by atoms with Crippen LogP contribution in [-0.2, 0) is 26.7 Å². The number of carbonyl (C=O) groups is 2. The predicted molar refractivity (Wildman–Crippen MR) is 114 cm³/mol. The van der Waals surface area contributed by atoms with Gasteiger partial charge in [0.2, 0.25) is 10.0 Å². The van der Waals surface area contributed by atoms with Crippen molar-refractivity contribution in [2.45, 2.75) is 18.3 Å². The van der Waals surface area contributed by atoms with Gasteiger partial charge in [0.15, 0.2) is 5.69 Å². The summed E-state index contributed by atoms with van der Waals surface area (Å²) in [4.78, 5) is 26.3. The largest absolute Gasteiger partial charge is 0.505 e. The van der Waals surface area contributed by atoms with Crippen molar-refractivity contribution in [1.82, 2.24) is 14.6 Å². The Morgan fingerprint density at radius 2 is 1.85 bits per heavy atom. The topological polar surface area (TPSA) is 137 Å². The molecule has 0 atom stereocenters. The monoisotopic (exact) mass is 499 g/mol. The van der Waals surface area contributed by atoms with E-state index in [2.05, 4.69) is 10.3 Å². The molecule has 34 heavy (non-hydrogen) atoms. The molecule has 9 nitrogen and oxygen atoms in total. The maximum Gasteiger partial charge on any atom is 0.416 e. The summed E-state index contributed by atoms with van der Waals surface area (Å²) in [6.07, 6.45) is -1.30. The molecule has 2 aromatic rings. The van der Waals surface area contributed by atoms with Crippen molar-refractivity contribution in [2.24, 2.45) is 0 Å². The van der Waals surface area contributed by atoms with Gasteiger partial charge >= 0.3 is 12.1 Å². The smallest absolute Gasteiger partial charge is 0.416 e. The second-order valence-electron chi connectivity index (χ2n) is 7.46. The molecule has 1 aliphatic rings. The van der Waals surface area contributed by atoms with Crippen molar-refractivity contribution >= 4 is 27.5 Å². The lowest BCUT2D eigenvalue weighted by atomic mass is 10.0. The number of nitrogens with one attached hydrogen (secondary N) is 1. The third-order valence-corrected chi connectivity index (χ3v) is 6.87. The molecule has 3 rings (SSSR count). The Kier molecular flexibility index (Phi) is 7.26. The van der Waals surface area contributed by atoms with Crippen LogP contribution in [0.3, 0.4) is 0 Å². The van der Waals surface area contributed by atoms with E-state index in [4.69, 9.17) is 5.11 Å². The highest BCUT2D eigenvalue weighted by Crippen LogP contribution is 2.30. The zero-order valence-corrected chi connectivity index (χ0v) is 18.4. The number of pyridine rings is 1. The van der Waals surface area contributed by atoms with Gasteiger partial charge in [-0.2, -0.15) is 17.5 Å². The molecule has 13 heteroatoms. The standard InChI is InChI=1S/C21H20F3N3O6S/c22-21(23,24)16-3-1-13(2-4-16)12-34(32,33)27-7-5-14(6-8-27)15-9-17(28)19(25-10-15)20(31)26-11-18(29)30/h1-5,9-10,28H,6-8,11-12H2,(H,26,31)(H,29,30). The van der Waals surface area contributed by atoms with Crippen LogP contribution in [0.5, 0.6) is 5.75 Å². The second-order valence-corrected chi connectivity index (χ2v) is 9.43. The molecule has 0 saturated carbocycles. The van der Waals surface area contributed by atoms with Crippen LogP contribution >= 0.6 is 0 Å². The zero-order chi connectivity index (χ0) is 25.1. The second kappa shape index (κ2) is 9.81. The Morgan fingerprint density at radius 3 is 2.38 bits per heavy atom. The molecule has 2 heterocycles. The number of aromatic nitrogens is 1. The number of rotatable bonds is 7.